The topological polar surface area (TPSA) is 433 Å². The monoisotopic (exact) mass is 1380 g/mol. The fraction of sp³-hybridized carbons (Fsp3) is 0.791. The first-order valence-corrected chi connectivity index (χ1v) is 35.3. The van der Waals surface area contributed by atoms with Crippen LogP contribution in [0.2, 0.25) is 0 Å². The Labute approximate surface area is 575 Å². The molecule has 5 aliphatic rings. The molecule has 5 saturated heterocycles. The van der Waals surface area contributed by atoms with Crippen molar-refractivity contribution >= 4 is 82.8 Å². The molecule has 31 heteroatoms. The Kier molecular flexibility index (Phi) is 31.1. The molecule has 0 bridgehead atoms. The Morgan fingerprint density at radius 2 is 0.847 bits per heavy atom. The van der Waals surface area contributed by atoms with E-state index in [2.05, 4.69) is 53.2 Å². The fourth-order valence-corrected chi connectivity index (χ4v) is 13.4. The molecular weight excluding hydrogens is 1270 g/mol. The molecule has 5 heterocycles. The number of aliphatic carboxylic acids is 1. The van der Waals surface area contributed by atoms with E-state index in [-0.39, 0.29) is 68.5 Å². The molecule has 13 amide bonds. The smallest absolute Gasteiger partial charge is 0.328 e. The van der Waals surface area contributed by atoms with Crippen molar-refractivity contribution in [1.82, 2.24) is 72.8 Å². The molecule has 0 aliphatic carbocycles. The largest absolute Gasteiger partial charge is 0.480 e. The number of carbonyl (C=O) groups excluding carboxylic acids is 13. The number of amides is 13. The van der Waals surface area contributed by atoms with Crippen molar-refractivity contribution in [3.8, 4) is 0 Å². The van der Waals surface area contributed by atoms with Crippen molar-refractivity contribution in [2.24, 2.45) is 35.5 Å². The zero-order valence-electron chi connectivity index (χ0n) is 59.5. The van der Waals surface area contributed by atoms with Crippen molar-refractivity contribution in [2.45, 2.75) is 258 Å². The second-order valence-corrected chi connectivity index (χ2v) is 28.9. The van der Waals surface area contributed by atoms with Crippen molar-refractivity contribution in [2.75, 3.05) is 45.9 Å². The molecule has 552 valence electrons. The summed E-state index contributed by atoms with van der Waals surface area (Å²) in [6, 6.07) is -14.8. The molecule has 0 aromatic rings. The summed E-state index contributed by atoms with van der Waals surface area (Å²) in [5.74, 6) is -12.4. The van der Waals surface area contributed by atoms with Gasteiger partial charge in [0.25, 0.3) is 0 Å². The van der Waals surface area contributed by atoms with Gasteiger partial charge in [-0.1, -0.05) is 89.5 Å². The second kappa shape index (κ2) is 37.6. The first-order chi connectivity index (χ1) is 46.1. The van der Waals surface area contributed by atoms with Crippen LogP contribution in [-0.4, -0.2) is 248 Å². The number of nitrogens with zero attached hydrogens (tertiary/aromatic N) is 4. The SMILES string of the molecule is CC[C@H](C)[C@H](NC(=O)[C@@H]1CCCN1C(=O)CNC(=O)[C@@H]1CCCN1C(=O)[C@H](CC(C)C)NC(=O)[C@@H](NC(=O)[C@@H](NC(=O)[C@@H](NC(=O)[C@@H](NC(=O)[C@@H]1CCCN1C(=O)[C@@H]1CCCN1C(=O)[C@@H]1CCCN1)C(C)C)C(C)C)C(C)C)[C@@H](C)O)C(=O)N[C@@H](CC(C)C)C(=O)N[C@@H](CO)C(=O)O. The van der Waals surface area contributed by atoms with E-state index in [4.69, 9.17) is 0 Å². The summed E-state index contributed by atoms with van der Waals surface area (Å²) in [4.78, 5) is 199. The number of carboxylic acid groups (broad SMARTS) is 1. The van der Waals surface area contributed by atoms with Crippen molar-refractivity contribution < 1.29 is 82.4 Å². The van der Waals surface area contributed by atoms with Crippen LogP contribution in [0.4, 0.5) is 0 Å². The van der Waals surface area contributed by atoms with E-state index in [1.54, 1.807) is 88.0 Å². The summed E-state index contributed by atoms with van der Waals surface area (Å²) in [5.41, 5.74) is 0. The van der Waals surface area contributed by atoms with Crippen LogP contribution in [0, 0.1) is 35.5 Å². The number of aliphatic hydroxyl groups excluding tert-OH is 2. The van der Waals surface area contributed by atoms with Crippen LogP contribution in [0.25, 0.3) is 0 Å². The Bertz CT molecular complexity index is 2850. The van der Waals surface area contributed by atoms with Crippen LogP contribution >= 0.6 is 0 Å². The minimum atomic E-state index is -1.68. The third-order valence-electron chi connectivity index (χ3n) is 19.2. The first kappa shape index (κ1) is 81.1. The highest BCUT2D eigenvalue weighted by Gasteiger charge is 2.47. The van der Waals surface area contributed by atoms with Crippen LogP contribution in [-0.2, 0) is 67.1 Å². The van der Waals surface area contributed by atoms with Crippen LogP contribution in [0.1, 0.15) is 173 Å². The Morgan fingerprint density at radius 1 is 0.439 bits per heavy atom. The Morgan fingerprint density at radius 3 is 1.32 bits per heavy atom. The van der Waals surface area contributed by atoms with Gasteiger partial charge in [-0.3, -0.25) is 62.3 Å². The predicted molar refractivity (Wildman–Crippen MR) is 358 cm³/mol. The van der Waals surface area contributed by atoms with E-state index in [1.807, 2.05) is 0 Å². The van der Waals surface area contributed by atoms with E-state index in [9.17, 15) is 82.4 Å². The molecule has 98 heavy (non-hydrogen) atoms. The molecule has 0 saturated carbocycles. The van der Waals surface area contributed by atoms with Crippen molar-refractivity contribution in [3.63, 3.8) is 0 Å². The fourth-order valence-electron chi connectivity index (χ4n) is 13.4. The number of hydrogen-bond acceptors (Lipinski definition) is 17. The van der Waals surface area contributed by atoms with Gasteiger partial charge in [-0.15, -0.1) is 0 Å². The van der Waals surface area contributed by atoms with Gasteiger partial charge in [0.2, 0.25) is 76.8 Å². The van der Waals surface area contributed by atoms with Gasteiger partial charge in [0, 0.05) is 26.2 Å². The molecule has 5 aliphatic heterocycles. The lowest BCUT2D eigenvalue weighted by molar-refractivity contribution is -0.147. The molecule has 15 atom stereocenters. The van der Waals surface area contributed by atoms with E-state index >= 15 is 0 Å². The van der Waals surface area contributed by atoms with Crippen LogP contribution in [0.5, 0.6) is 0 Å². The number of carbonyl (C=O) groups is 14. The van der Waals surface area contributed by atoms with Crippen LogP contribution in [0.3, 0.4) is 0 Å². The van der Waals surface area contributed by atoms with Gasteiger partial charge in [-0.25, -0.2) is 4.79 Å². The summed E-state index contributed by atoms with van der Waals surface area (Å²) >= 11 is 0. The lowest BCUT2D eigenvalue weighted by Crippen LogP contribution is -2.63. The van der Waals surface area contributed by atoms with E-state index in [0.717, 1.165) is 13.0 Å². The maximum Gasteiger partial charge on any atom is 0.328 e. The van der Waals surface area contributed by atoms with E-state index in [1.165, 1.54) is 21.6 Å². The number of rotatable bonds is 34. The maximum atomic E-state index is 14.5. The first-order valence-electron chi connectivity index (χ1n) is 35.3. The average molecular weight is 1390 g/mol. The number of carboxylic acids is 1. The maximum absolute atomic E-state index is 14.5. The lowest BCUT2D eigenvalue weighted by Gasteiger charge is -2.33. The summed E-state index contributed by atoms with van der Waals surface area (Å²) in [6.07, 6.45) is 3.80. The summed E-state index contributed by atoms with van der Waals surface area (Å²) in [5, 5.41) is 56.9. The Hall–Kier alpha value is -7.54. The minimum Gasteiger partial charge on any atom is -0.480 e. The third kappa shape index (κ3) is 21.7. The molecule has 0 unspecified atom stereocenters. The summed E-state index contributed by atoms with van der Waals surface area (Å²) in [6.45, 7) is 22.3. The molecular formula is C67H112N14O17. The summed E-state index contributed by atoms with van der Waals surface area (Å²) in [7, 11) is 0. The highest BCUT2D eigenvalue weighted by atomic mass is 16.4. The number of hydrogen-bond donors (Lipinski definition) is 13. The standard InChI is InChI=1S/C67H112N14O17/c1-14-39(12)53(62(92)70-42(30-34(2)3)55(85)72-44(33-82)67(97)98)76-57(87)46-22-16-26-78(46)49(84)32-69-56(86)45-21-17-27-79(45)65(95)43(31-35(4)5)71-63(93)54(40(13)83)77-61(91)52(38(10)11)75-60(90)51(37(8)9)74-59(89)50(36(6)7)73-58(88)47-23-18-28-80(47)66(96)48-24-19-29-81(48)64(94)41-20-15-25-68-41/h34-48,50-54,68,82-83H,14-33H2,1-13H3,(H,69,86)(H,70,92)(H,71,93)(H,72,85)(H,73,88)(H,74,89)(H,75,90)(H,76,87)(H,77,91)(H,97,98)/t39-,40+,41-,42-,43-,44-,45-,46-,47-,48-,50-,51-,52-,53-,54-/m0/s1. The predicted octanol–water partition coefficient (Wildman–Crippen LogP) is -1.74. The van der Waals surface area contributed by atoms with E-state index < -0.39 is 186 Å². The van der Waals surface area contributed by atoms with Gasteiger partial charge in [0.05, 0.1) is 25.3 Å². The van der Waals surface area contributed by atoms with Gasteiger partial charge in [0.15, 0.2) is 0 Å². The van der Waals surface area contributed by atoms with Gasteiger partial charge in [0.1, 0.15) is 72.5 Å². The van der Waals surface area contributed by atoms with Crippen LogP contribution in [0.15, 0.2) is 0 Å². The van der Waals surface area contributed by atoms with E-state index in [0.29, 0.717) is 64.5 Å². The third-order valence-corrected chi connectivity index (χ3v) is 19.2. The Balaban J connectivity index is 1.19. The van der Waals surface area contributed by atoms with Crippen molar-refractivity contribution in [3.05, 3.63) is 0 Å². The zero-order chi connectivity index (χ0) is 73.2. The van der Waals surface area contributed by atoms with Crippen LogP contribution < -0.4 is 53.2 Å². The van der Waals surface area contributed by atoms with Gasteiger partial charge < -0.3 is 88.1 Å². The molecule has 0 radical (unpaired) electrons. The molecule has 5 fully saturated rings. The average Bonchev–Trinajstić information content (AvgIpc) is 1.62. The number of likely N-dealkylation sites (tertiary alicyclic amines) is 4. The molecule has 13 N–H and O–H groups in total. The van der Waals surface area contributed by atoms with Gasteiger partial charge in [-0.05, 0) is 126 Å². The zero-order valence-corrected chi connectivity index (χ0v) is 59.5. The molecule has 31 nitrogen and oxygen atoms in total. The lowest BCUT2D eigenvalue weighted by atomic mass is 9.96. The highest BCUT2D eigenvalue weighted by Crippen LogP contribution is 2.28. The van der Waals surface area contributed by atoms with Crippen molar-refractivity contribution in [1.29, 1.82) is 0 Å². The normalized spacial score (nSPS) is 22.5. The molecule has 5 rings (SSSR count). The highest BCUT2D eigenvalue weighted by molar-refractivity contribution is 6.00. The summed E-state index contributed by atoms with van der Waals surface area (Å²) < 4.78 is 0. The van der Waals surface area contributed by atoms with Gasteiger partial charge >= 0.3 is 5.97 Å². The number of nitrogens with one attached hydrogen (secondary N) is 10. The minimum absolute atomic E-state index is 0.0616. The quantitative estimate of drug-likeness (QED) is 0.0340. The second-order valence-electron chi connectivity index (χ2n) is 28.9. The number of aliphatic hydroxyl groups is 2. The molecule has 0 spiro atoms. The molecule has 0 aromatic carbocycles. The van der Waals surface area contributed by atoms with Gasteiger partial charge in [-0.2, -0.15) is 0 Å². The molecule has 0 aromatic heterocycles.